The lowest BCUT2D eigenvalue weighted by Crippen LogP contribution is -2.26. The van der Waals surface area contributed by atoms with Gasteiger partial charge in [-0.1, -0.05) is 18.5 Å². The van der Waals surface area contributed by atoms with Crippen molar-refractivity contribution < 1.29 is 4.79 Å². The molecule has 0 spiro atoms. The molecule has 0 aliphatic carbocycles. The van der Waals surface area contributed by atoms with Crippen LogP contribution in [-0.2, 0) is 4.79 Å². The predicted octanol–water partition coefficient (Wildman–Crippen LogP) is 1.50. The molecule has 0 radical (unpaired) electrons. The van der Waals surface area contributed by atoms with E-state index in [1.807, 2.05) is 6.92 Å². The van der Waals surface area contributed by atoms with Crippen LogP contribution in [0.25, 0.3) is 0 Å². The molecule has 1 heterocycles. The van der Waals surface area contributed by atoms with Gasteiger partial charge in [-0.3, -0.25) is 10.1 Å². The summed E-state index contributed by atoms with van der Waals surface area (Å²) in [6, 6.07) is 1.48. The van der Waals surface area contributed by atoms with E-state index in [1.54, 1.807) is 13.0 Å². The lowest BCUT2D eigenvalue weighted by Gasteiger charge is -2.08. The maximum absolute atomic E-state index is 11.5. The fourth-order valence-electron chi connectivity index (χ4n) is 1.14. The van der Waals surface area contributed by atoms with Crippen molar-refractivity contribution in [2.75, 3.05) is 5.32 Å². The maximum atomic E-state index is 11.5. The van der Waals surface area contributed by atoms with Crippen LogP contribution in [0.3, 0.4) is 0 Å². The molecule has 0 saturated heterocycles. The number of rotatable bonds is 4. The fourth-order valence-corrected chi connectivity index (χ4v) is 1.38. The zero-order valence-corrected chi connectivity index (χ0v) is 10.1. The van der Waals surface area contributed by atoms with Crippen molar-refractivity contribution in [2.45, 2.75) is 32.7 Å². The summed E-state index contributed by atoms with van der Waals surface area (Å²) in [5, 5.41) is 2.87. The zero-order chi connectivity index (χ0) is 12.1. The van der Waals surface area contributed by atoms with Crippen molar-refractivity contribution in [3.8, 4) is 0 Å². The number of nitrogens with two attached hydrogens (primary N) is 1. The van der Waals surface area contributed by atoms with E-state index in [4.69, 9.17) is 17.3 Å². The number of carbonyl (C=O) groups is 1. The summed E-state index contributed by atoms with van der Waals surface area (Å²) in [5.41, 5.74) is 6.36. The third kappa shape index (κ3) is 4.12. The molecule has 5 nitrogen and oxygen atoms in total. The number of amides is 1. The van der Waals surface area contributed by atoms with Gasteiger partial charge < -0.3 is 5.73 Å². The maximum Gasteiger partial charge on any atom is 0.231 e. The van der Waals surface area contributed by atoms with Crippen LogP contribution in [0.2, 0.25) is 5.15 Å². The van der Waals surface area contributed by atoms with Crippen LogP contribution in [0.1, 0.15) is 25.5 Å². The van der Waals surface area contributed by atoms with Crippen LogP contribution in [0.15, 0.2) is 6.07 Å². The minimum atomic E-state index is -0.198. The van der Waals surface area contributed by atoms with Gasteiger partial charge in [-0.05, 0) is 19.4 Å². The third-order valence-electron chi connectivity index (χ3n) is 2.05. The summed E-state index contributed by atoms with van der Waals surface area (Å²) in [5.74, 6) is 0.0225. The highest BCUT2D eigenvalue weighted by atomic mass is 35.5. The summed E-state index contributed by atoms with van der Waals surface area (Å²) in [4.78, 5) is 19.4. The SMILES string of the molecule is CCC(N)CC(=O)Nc1nc(C)cc(Cl)n1. The topological polar surface area (TPSA) is 80.9 Å². The number of anilines is 1. The number of nitrogens with zero attached hydrogens (tertiary/aromatic N) is 2. The van der Waals surface area contributed by atoms with E-state index < -0.39 is 0 Å². The van der Waals surface area contributed by atoms with Gasteiger partial charge in [-0.15, -0.1) is 0 Å². The zero-order valence-electron chi connectivity index (χ0n) is 9.33. The molecule has 0 aliphatic heterocycles. The Labute approximate surface area is 99.4 Å². The van der Waals surface area contributed by atoms with Crippen LogP contribution in [-0.4, -0.2) is 21.9 Å². The molecule has 16 heavy (non-hydrogen) atoms. The van der Waals surface area contributed by atoms with Crippen molar-refractivity contribution in [2.24, 2.45) is 5.73 Å². The second-order valence-electron chi connectivity index (χ2n) is 3.58. The Hall–Kier alpha value is -1.20. The van der Waals surface area contributed by atoms with E-state index in [-0.39, 0.29) is 24.3 Å². The largest absolute Gasteiger partial charge is 0.327 e. The minimum absolute atomic E-state index is 0.139. The minimum Gasteiger partial charge on any atom is -0.327 e. The van der Waals surface area contributed by atoms with Crippen LogP contribution in [0, 0.1) is 6.92 Å². The summed E-state index contributed by atoms with van der Waals surface area (Å²) < 4.78 is 0. The van der Waals surface area contributed by atoms with Gasteiger partial charge in [0.1, 0.15) is 5.15 Å². The third-order valence-corrected chi connectivity index (χ3v) is 2.24. The molecule has 88 valence electrons. The molecule has 0 fully saturated rings. The van der Waals surface area contributed by atoms with Crippen molar-refractivity contribution in [1.82, 2.24) is 9.97 Å². The van der Waals surface area contributed by atoms with E-state index >= 15 is 0 Å². The number of nitrogens with one attached hydrogen (secondary N) is 1. The van der Waals surface area contributed by atoms with Crippen LogP contribution in [0.4, 0.5) is 5.95 Å². The van der Waals surface area contributed by atoms with Crippen LogP contribution >= 0.6 is 11.6 Å². The molecular weight excluding hydrogens is 228 g/mol. The smallest absolute Gasteiger partial charge is 0.231 e. The number of halogens is 1. The van der Waals surface area contributed by atoms with Gasteiger partial charge in [0, 0.05) is 18.2 Å². The number of hydrogen-bond donors (Lipinski definition) is 2. The second-order valence-corrected chi connectivity index (χ2v) is 3.96. The lowest BCUT2D eigenvalue weighted by molar-refractivity contribution is -0.116. The molecule has 1 unspecified atom stereocenters. The van der Waals surface area contributed by atoms with E-state index in [9.17, 15) is 4.79 Å². The summed E-state index contributed by atoms with van der Waals surface area (Å²) in [6.07, 6.45) is 1.01. The average molecular weight is 243 g/mol. The van der Waals surface area contributed by atoms with Crippen LogP contribution in [0.5, 0.6) is 0 Å². The Kier molecular flexibility index (Phi) is 4.64. The van der Waals surface area contributed by atoms with Gasteiger partial charge in [-0.2, -0.15) is 0 Å². The molecule has 1 atom stereocenters. The standard InChI is InChI=1S/C10H15ClN4O/c1-3-7(12)5-9(16)15-10-13-6(2)4-8(11)14-10/h4,7H,3,5,12H2,1-2H3,(H,13,14,15,16). The van der Waals surface area contributed by atoms with E-state index in [2.05, 4.69) is 15.3 Å². The summed E-state index contributed by atoms with van der Waals surface area (Å²) in [7, 11) is 0. The van der Waals surface area contributed by atoms with Crippen molar-refractivity contribution in [1.29, 1.82) is 0 Å². The van der Waals surface area contributed by atoms with Gasteiger partial charge in [0.15, 0.2) is 0 Å². The molecule has 3 N–H and O–H groups in total. The van der Waals surface area contributed by atoms with Crippen molar-refractivity contribution in [3.63, 3.8) is 0 Å². The summed E-state index contributed by atoms with van der Waals surface area (Å²) >= 11 is 5.74. The molecule has 0 saturated carbocycles. The first-order valence-corrected chi connectivity index (χ1v) is 5.45. The summed E-state index contributed by atoms with van der Waals surface area (Å²) in [6.45, 7) is 3.71. The number of hydrogen-bond acceptors (Lipinski definition) is 4. The molecule has 1 rings (SSSR count). The van der Waals surface area contributed by atoms with Gasteiger partial charge in [0.25, 0.3) is 0 Å². The Morgan fingerprint density at radius 3 is 2.88 bits per heavy atom. The van der Waals surface area contributed by atoms with Crippen molar-refractivity contribution in [3.05, 3.63) is 16.9 Å². The first-order chi connectivity index (χ1) is 7.51. The quantitative estimate of drug-likeness (QED) is 0.784. The monoisotopic (exact) mass is 242 g/mol. The molecular formula is C10H15ClN4O. The lowest BCUT2D eigenvalue weighted by atomic mass is 10.1. The highest BCUT2D eigenvalue weighted by Gasteiger charge is 2.09. The Morgan fingerprint density at radius 2 is 2.31 bits per heavy atom. The van der Waals surface area contributed by atoms with Gasteiger partial charge >= 0.3 is 0 Å². The molecule has 1 amide bonds. The highest BCUT2D eigenvalue weighted by Crippen LogP contribution is 2.09. The van der Waals surface area contributed by atoms with E-state index in [0.717, 1.165) is 6.42 Å². The molecule has 0 aliphatic rings. The molecule has 0 bridgehead atoms. The number of aromatic nitrogens is 2. The number of carbonyl (C=O) groups excluding carboxylic acids is 1. The molecule has 0 aromatic carbocycles. The van der Waals surface area contributed by atoms with Gasteiger partial charge in [-0.25, -0.2) is 9.97 Å². The number of aryl methyl sites for hydroxylation is 1. The second kappa shape index (κ2) is 5.77. The molecule has 6 heteroatoms. The normalized spacial score (nSPS) is 12.2. The van der Waals surface area contributed by atoms with E-state index in [1.165, 1.54) is 0 Å². The van der Waals surface area contributed by atoms with Gasteiger partial charge in [0.2, 0.25) is 11.9 Å². The Balaban J connectivity index is 2.62. The van der Waals surface area contributed by atoms with Crippen LogP contribution < -0.4 is 11.1 Å². The molecule has 1 aromatic heterocycles. The Bertz CT molecular complexity index is 363. The Morgan fingerprint density at radius 1 is 1.62 bits per heavy atom. The fraction of sp³-hybridized carbons (Fsp3) is 0.500. The average Bonchev–Trinajstić information content (AvgIpc) is 2.15. The first-order valence-electron chi connectivity index (χ1n) is 5.08. The van der Waals surface area contributed by atoms with E-state index in [0.29, 0.717) is 10.8 Å². The predicted molar refractivity (Wildman–Crippen MR) is 63.3 cm³/mol. The first kappa shape index (κ1) is 12.9. The highest BCUT2D eigenvalue weighted by molar-refractivity contribution is 6.29. The van der Waals surface area contributed by atoms with Crippen molar-refractivity contribution >= 4 is 23.5 Å². The molecule has 1 aromatic rings. The van der Waals surface area contributed by atoms with Gasteiger partial charge in [0.05, 0.1) is 0 Å².